The van der Waals surface area contributed by atoms with E-state index in [1.54, 1.807) is 0 Å². The summed E-state index contributed by atoms with van der Waals surface area (Å²) in [5, 5.41) is 9.04. The van der Waals surface area contributed by atoms with Crippen molar-refractivity contribution in [3.05, 3.63) is 0 Å². The highest BCUT2D eigenvalue weighted by Crippen LogP contribution is 2.34. The van der Waals surface area contributed by atoms with Crippen molar-refractivity contribution in [3.8, 4) is 0 Å². The van der Waals surface area contributed by atoms with Gasteiger partial charge in [0.1, 0.15) is 5.54 Å². The summed E-state index contributed by atoms with van der Waals surface area (Å²) < 4.78 is 0. The zero-order valence-corrected chi connectivity index (χ0v) is 16.0. The Hall–Kier alpha value is -1.38. The molecule has 0 unspecified atom stereocenters. The molecule has 0 aromatic rings. The molecule has 0 aromatic carbocycles. The van der Waals surface area contributed by atoms with Crippen LogP contribution in [0.3, 0.4) is 0 Å². The van der Waals surface area contributed by atoms with Crippen LogP contribution in [0.4, 0.5) is 4.79 Å². The Kier molecular flexibility index (Phi) is 7.67. The van der Waals surface area contributed by atoms with Gasteiger partial charge in [-0.05, 0) is 25.8 Å². The highest BCUT2D eigenvalue weighted by Gasteiger charge is 2.52. The van der Waals surface area contributed by atoms with Gasteiger partial charge in [0, 0.05) is 45.7 Å². The number of hydrogen-bond donors (Lipinski definition) is 3. The summed E-state index contributed by atoms with van der Waals surface area (Å²) in [5.41, 5.74) is -0.684. The van der Waals surface area contributed by atoms with E-state index >= 15 is 0 Å². The lowest BCUT2D eigenvalue weighted by molar-refractivity contribution is -0.131. The predicted molar refractivity (Wildman–Crippen MR) is 100 cm³/mol. The second-order valence-electron chi connectivity index (χ2n) is 7.22. The maximum Gasteiger partial charge on any atom is 0.325 e. The molecule has 1 saturated carbocycles. The first-order valence-electron chi connectivity index (χ1n) is 9.45. The first-order chi connectivity index (χ1) is 12.1. The number of piperazine rings is 1. The summed E-state index contributed by atoms with van der Waals surface area (Å²) >= 11 is 0. The molecule has 8 nitrogen and oxygen atoms in total. The van der Waals surface area contributed by atoms with Gasteiger partial charge in [0.15, 0.2) is 0 Å². The van der Waals surface area contributed by atoms with Gasteiger partial charge in [-0.2, -0.15) is 0 Å². The molecule has 9 heteroatoms. The summed E-state index contributed by atoms with van der Waals surface area (Å²) in [6.45, 7) is 5.95. The van der Waals surface area contributed by atoms with Crippen LogP contribution in [-0.4, -0.2) is 79.0 Å². The van der Waals surface area contributed by atoms with Crippen molar-refractivity contribution in [1.82, 2.24) is 25.8 Å². The van der Waals surface area contributed by atoms with Crippen LogP contribution in [0.1, 0.15) is 38.5 Å². The van der Waals surface area contributed by atoms with E-state index in [1.807, 2.05) is 0 Å². The van der Waals surface area contributed by atoms with E-state index < -0.39 is 5.54 Å². The van der Waals surface area contributed by atoms with E-state index in [0.29, 0.717) is 19.4 Å². The zero-order valence-electron chi connectivity index (χ0n) is 15.2. The van der Waals surface area contributed by atoms with Crippen LogP contribution in [0.5, 0.6) is 0 Å². The van der Waals surface area contributed by atoms with Gasteiger partial charge >= 0.3 is 6.03 Å². The van der Waals surface area contributed by atoms with Crippen LogP contribution in [0.25, 0.3) is 0 Å². The molecule has 1 spiro atoms. The fourth-order valence-electron chi connectivity index (χ4n) is 3.96. The molecule has 3 aliphatic rings. The summed E-state index contributed by atoms with van der Waals surface area (Å²) in [6, 6.07) is -0.349. The molecule has 3 rings (SSSR count). The number of carbonyl (C=O) groups is 3. The van der Waals surface area contributed by atoms with Crippen LogP contribution in [0, 0.1) is 0 Å². The Bertz CT molecular complexity index is 519. The SMILES string of the molecule is Cl.O=C(CCN1C(=O)NC2(CCCC2)C1=O)NCCCN1CCNCC1. The Morgan fingerprint density at radius 1 is 1.12 bits per heavy atom. The van der Waals surface area contributed by atoms with Crippen molar-refractivity contribution in [3.63, 3.8) is 0 Å². The molecule has 3 fully saturated rings. The van der Waals surface area contributed by atoms with Gasteiger partial charge in [0.25, 0.3) is 5.91 Å². The van der Waals surface area contributed by atoms with Crippen molar-refractivity contribution in [2.24, 2.45) is 0 Å². The molecule has 0 atom stereocenters. The molecule has 26 heavy (non-hydrogen) atoms. The Labute approximate surface area is 160 Å². The molecule has 2 heterocycles. The number of imide groups is 1. The fraction of sp³-hybridized carbons (Fsp3) is 0.824. The van der Waals surface area contributed by atoms with Crippen LogP contribution < -0.4 is 16.0 Å². The number of halogens is 1. The summed E-state index contributed by atoms with van der Waals surface area (Å²) in [6.07, 6.45) is 4.44. The molecule has 2 saturated heterocycles. The molecule has 0 radical (unpaired) electrons. The maximum atomic E-state index is 12.5. The second-order valence-corrected chi connectivity index (χ2v) is 7.22. The number of nitrogens with one attached hydrogen (secondary N) is 3. The van der Waals surface area contributed by atoms with E-state index in [4.69, 9.17) is 0 Å². The zero-order chi connectivity index (χ0) is 17.7. The number of nitrogens with zero attached hydrogens (tertiary/aromatic N) is 2. The number of hydrogen-bond acceptors (Lipinski definition) is 5. The first-order valence-corrected chi connectivity index (χ1v) is 9.45. The molecule has 3 N–H and O–H groups in total. The van der Waals surface area contributed by atoms with Crippen LogP contribution in [0.2, 0.25) is 0 Å². The topological polar surface area (TPSA) is 93.8 Å². The second kappa shape index (κ2) is 9.53. The highest BCUT2D eigenvalue weighted by molar-refractivity contribution is 6.07. The quantitative estimate of drug-likeness (QED) is 0.424. The minimum absolute atomic E-state index is 0. The number of amides is 4. The molecule has 148 valence electrons. The highest BCUT2D eigenvalue weighted by atomic mass is 35.5. The minimum Gasteiger partial charge on any atom is -0.356 e. The monoisotopic (exact) mass is 387 g/mol. The Morgan fingerprint density at radius 3 is 2.50 bits per heavy atom. The third-order valence-electron chi connectivity index (χ3n) is 5.45. The molecule has 4 amide bonds. The summed E-state index contributed by atoms with van der Waals surface area (Å²) in [7, 11) is 0. The molecule has 2 aliphatic heterocycles. The smallest absolute Gasteiger partial charge is 0.325 e. The van der Waals surface area contributed by atoms with E-state index in [2.05, 4.69) is 20.9 Å². The van der Waals surface area contributed by atoms with E-state index in [9.17, 15) is 14.4 Å². The van der Waals surface area contributed by atoms with Crippen molar-refractivity contribution in [2.45, 2.75) is 44.1 Å². The lowest BCUT2D eigenvalue weighted by Crippen LogP contribution is -2.44. The standard InChI is InChI=1S/C17H29N5O3.ClH/c23-14(19-7-3-10-21-12-8-18-9-13-21)4-11-22-15(24)17(20-16(22)25)5-1-2-6-17;/h18H,1-13H2,(H,19,23)(H,20,25);1H. The lowest BCUT2D eigenvalue weighted by Gasteiger charge is -2.27. The van der Waals surface area contributed by atoms with Crippen molar-refractivity contribution < 1.29 is 14.4 Å². The van der Waals surface area contributed by atoms with Gasteiger partial charge in [-0.3, -0.25) is 14.5 Å². The van der Waals surface area contributed by atoms with Gasteiger partial charge in [-0.1, -0.05) is 12.8 Å². The molecule has 1 aliphatic carbocycles. The molecular formula is C17H30ClN5O3. The molecule has 0 bridgehead atoms. The minimum atomic E-state index is -0.684. The van der Waals surface area contributed by atoms with E-state index in [-0.39, 0.29) is 43.2 Å². The van der Waals surface area contributed by atoms with Crippen LogP contribution in [-0.2, 0) is 9.59 Å². The van der Waals surface area contributed by atoms with Crippen molar-refractivity contribution in [1.29, 1.82) is 0 Å². The number of rotatable bonds is 7. The maximum absolute atomic E-state index is 12.5. The predicted octanol–water partition coefficient (Wildman–Crippen LogP) is 0.0744. The average Bonchev–Trinajstić information content (AvgIpc) is 3.17. The number of urea groups is 1. The van der Waals surface area contributed by atoms with Crippen LogP contribution >= 0.6 is 12.4 Å². The van der Waals surface area contributed by atoms with Gasteiger partial charge in [0.2, 0.25) is 5.91 Å². The molecule has 0 aromatic heterocycles. The molecular weight excluding hydrogens is 358 g/mol. The average molecular weight is 388 g/mol. The first kappa shape index (κ1) is 20.9. The van der Waals surface area contributed by atoms with Crippen LogP contribution in [0.15, 0.2) is 0 Å². The van der Waals surface area contributed by atoms with E-state index in [0.717, 1.165) is 52.0 Å². The summed E-state index contributed by atoms with van der Waals surface area (Å²) in [4.78, 5) is 40.1. The largest absolute Gasteiger partial charge is 0.356 e. The Balaban J connectivity index is 0.00000243. The fourth-order valence-corrected chi connectivity index (χ4v) is 3.96. The van der Waals surface area contributed by atoms with Crippen molar-refractivity contribution >= 4 is 30.3 Å². The van der Waals surface area contributed by atoms with Gasteiger partial charge in [-0.25, -0.2) is 4.79 Å². The van der Waals surface area contributed by atoms with Gasteiger partial charge in [0.05, 0.1) is 0 Å². The van der Waals surface area contributed by atoms with Crippen molar-refractivity contribution in [2.75, 3.05) is 45.8 Å². The van der Waals surface area contributed by atoms with E-state index in [1.165, 1.54) is 4.90 Å². The third kappa shape index (κ3) is 4.86. The Morgan fingerprint density at radius 2 is 1.81 bits per heavy atom. The third-order valence-corrected chi connectivity index (χ3v) is 5.45. The number of carbonyl (C=O) groups excluding carboxylic acids is 3. The van der Waals surface area contributed by atoms with Gasteiger partial charge < -0.3 is 20.9 Å². The normalized spacial score (nSPS) is 22.4. The van der Waals surface area contributed by atoms with Gasteiger partial charge in [-0.15, -0.1) is 12.4 Å². The summed E-state index contributed by atoms with van der Waals surface area (Å²) in [5.74, 6) is -0.255. The lowest BCUT2D eigenvalue weighted by atomic mass is 9.98.